The van der Waals surface area contributed by atoms with Gasteiger partial charge in [0.15, 0.2) is 5.82 Å². The third kappa shape index (κ3) is 2.60. The molecule has 8 heteroatoms. The van der Waals surface area contributed by atoms with Crippen LogP contribution in [0.2, 0.25) is 0 Å². The normalized spacial score (nSPS) is 10.5. The second-order valence-electron chi connectivity index (χ2n) is 4.90. The van der Waals surface area contributed by atoms with Crippen molar-refractivity contribution in [3.63, 3.8) is 0 Å². The molecule has 0 fully saturated rings. The van der Waals surface area contributed by atoms with Gasteiger partial charge >= 0.3 is 0 Å². The van der Waals surface area contributed by atoms with Crippen molar-refractivity contribution < 1.29 is 14.5 Å². The van der Waals surface area contributed by atoms with E-state index in [1.54, 1.807) is 18.2 Å². The quantitative estimate of drug-likeness (QED) is 0.446. The number of nitrogens with zero attached hydrogens (tertiary/aromatic N) is 2. The van der Waals surface area contributed by atoms with Crippen LogP contribution in [-0.2, 0) is 0 Å². The van der Waals surface area contributed by atoms with Crippen LogP contribution in [0.5, 0.6) is 5.75 Å². The lowest BCUT2D eigenvalue weighted by Gasteiger charge is -2.06. The van der Waals surface area contributed by atoms with Crippen LogP contribution in [0.3, 0.4) is 0 Å². The van der Waals surface area contributed by atoms with Crippen molar-refractivity contribution in [3.05, 3.63) is 74.3 Å². The largest absolute Gasteiger partial charge is 0.494 e. The maximum atomic E-state index is 12.5. The second-order valence-corrected chi connectivity index (χ2v) is 4.90. The molecule has 120 valence electrons. The van der Waals surface area contributed by atoms with Crippen molar-refractivity contribution >= 4 is 22.4 Å². The Labute approximate surface area is 134 Å². The number of aromatic nitrogens is 2. The lowest BCUT2D eigenvalue weighted by atomic mass is 10.1. The summed E-state index contributed by atoms with van der Waals surface area (Å²) >= 11 is 0. The first-order valence-corrected chi connectivity index (χ1v) is 6.87. The zero-order valence-electron chi connectivity index (χ0n) is 12.5. The number of ketones is 1. The summed E-state index contributed by atoms with van der Waals surface area (Å²) in [6.07, 6.45) is 0. The van der Waals surface area contributed by atoms with Crippen molar-refractivity contribution in [2.45, 2.75) is 0 Å². The summed E-state index contributed by atoms with van der Waals surface area (Å²) in [6, 6.07) is 9.91. The molecule has 0 saturated carbocycles. The Kier molecular flexibility index (Phi) is 3.78. The van der Waals surface area contributed by atoms with Gasteiger partial charge in [-0.1, -0.05) is 6.07 Å². The van der Waals surface area contributed by atoms with E-state index in [1.165, 1.54) is 31.4 Å². The molecule has 0 atom stereocenters. The van der Waals surface area contributed by atoms with Gasteiger partial charge in [0, 0.05) is 17.7 Å². The van der Waals surface area contributed by atoms with Gasteiger partial charge in [0.2, 0.25) is 5.78 Å². The number of rotatable bonds is 4. The molecule has 1 heterocycles. The van der Waals surface area contributed by atoms with Gasteiger partial charge in [0.05, 0.1) is 17.4 Å². The maximum absolute atomic E-state index is 12.5. The molecule has 0 amide bonds. The van der Waals surface area contributed by atoms with E-state index in [1.807, 2.05) is 0 Å². The van der Waals surface area contributed by atoms with Gasteiger partial charge in [-0.2, -0.15) is 0 Å². The first-order chi connectivity index (χ1) is 11.5. The van der Waals surface area contributed by atoms with E-state index >= 15 is 0 Å². The predicted octanol–water partition coefficient (Wildman–Crippen LogP) is 2.07. The van der Waals surface area contributed by atoms with Gasteiger partial charge in [0.1, 0.15) is 11.3 Å². The molecule has 0 aliphatic carbocycles. The molecule has 2 aromatic carbocycles. The van der Waals surface area contributed by atoms with Crippen molar-refractivity contribution in [2.24, 2.45) is 0 Å². The summed E-state index contributed by atoms with van der Waals surface area (Å²) in [7, 11) is 1.44. The number of methoxy groups -OCH3 is 1. The zero-order valence-corrected chi connectivity index (χ0v) is 12.5. The third-order valence-corrected chi connectivity index (χ3v) is 3.47. The lowest BCUT2D eigenvalue weighted by molar-refractivity contribution is -0.384. The summed E-state index contributed by atoms with van der Waals surface area (Å²) in [6.45, 7) is 0. The summed E-state index contributed by atoms with van der Waals surface area (Å²) in [5, 5.41) is 11.0. The van der Waals surface area contributed by atoms with E-state index in [9.17, 15) is 19.7 Å². The number of hydrogen-bond acceptors (Lipinski definition) is 6. The minimum atomic E-state index is -0.560. The summed E-state index contributed by atoms with van der Waals surface area (Å²) < 4.78 is 5.16. The molecule has 0 aliphatic rings. The number of para-hydroxylation sites is 1. The number of benzene rings is 2. The number of nitro benzene ring substituents is 1. The van der Waals surface area contributed by atoms with Gasteiger partial charge in [-0.05, 0) is 24.3 Å². The van der Waals surface area contributed by atoms with Crippen LogP contribution in [0.15, 0.2) is 47.3 Å². The smallest absolute Gasteiger partial charge is 0.269 e. The third-order valence-electron chi connectivity index (χ3n) is 3.47. The first-order valence-electron chi connectivity index (χ1n) is 6.87. The highest BCUT2D eigenvalue weighted by molar-refractivity contribution is 6.07. The van der Waals surface area contributed by atoms with Crippen LogP contribution < -0.4 is 10.3 Å². The molecule has 0 spiro atoms. The Morgan fingerprint density at radius 3 is 2.54 bits per heavy atom. The van der Waals surface area contributed by atoms with E-state index in [-0.39, 0.29) is 22.6 Å². The molecule has 0 unspecified atom stereocenters. The SMILES string of the molecule is COc1cccc2c(=O)[nH]c(C(=O)c3ccc([N+](=O)[O-])cc3)nc12. The predicted molar refractivity (Wildman–Crippen MR) is 85.4 cm³/mol. The van der Waals surface area contributed by atoms with Gasteiger partial charge in [-0.3, -0.25) is 19.7 Å². The molecule has 0 saturated heterocycles. The van der Waals surface area contributed by atoms with Gasteiger partial charge in [-0.25, -0.2) is 4.98 Å². The number of carbonyl (C=O) groups is 1. The Balaban J connectivity index is 2.10. The van der Waals surface area contributed by atoms with Crippen LogP contribution in [0.25, 0.3) is 10.9 Å². The fourth-order valence-corrected chi connectivity index (χ4v) is 2.28. The highest BCUT2D eigenvalue weighted by Gasteiger charge is 2.16. The topological polar surface area (TPSA) is 115 Å². The van der Waals surface area contributed by atoms with Crippen molar-refractivity contribution in [2.75, 3.05) is 7.11 Å². The molecule has 0 bridgehead atoms. The second kappa shape index (κ2) is 5.92. The fourth-order valence-electron chi connectivity index (χ4n) is 2.28. The summed E-state index contributed by atoms with van der Waals surface area (Å²) in [5.41, 5.74) is -0.149. The van der Waals surface area contributed by atoms with Crippen LogP contribution in [0.4, 0.5) is 5.69 Å². The van der Waals surface area contributed by atoms with Crippen molar-refractivity contribution in [1.82, 2.24) is 9.97 Å². The number of fused-ring (bicyclic) bond motifs is 1. The molecule has 3 rings (SSSR count). The highest BCUT2D eigenvalue weighted by atomic mass is 16.6. The number of carbonyl (C=O) groups excluding carboxylic acids is 1. The standard InChI is InChI=1S/C16H11N3O5/c1-24-12-4-2-3-11-13(12)17-15(18-16(11)21)14(20)9-5-7-10(8-6-9)19(22)23/h2-8H,1H3,(H,17,18,21). The van der Waals surface area contributed by atoms with Gasteiger partial charge in [0.25, 0.3) is 11.2 Å². The number of nitrogens with one attached hydrogen (secondary N) is 1. The Morgan fingerprint density at radius 1 is 1.21 bits per heavy atom. The molecule has 8 nitrogen and oxygen atoms in total. The summed E-state index contributed by atoms with van der Waals surface area (Å²) in [4.78, 5) is 41.3. The zero-order chi connectivity index (χ0) is 17.3. The lowest BCUT2D eigenvalue weighted by Crippen LogP contribution is -2.17. The molecular weight excluding hydrogens is 314 g/mol. The minimum absolute atomic E-state index is 0.131. The fraction of sp³-hybridized carbons (Fsp3) is 0.0625. The maximum Gasteiger partial charge on any atom is 0.269 e. The monoisotopic (exact) mass is 325 g/mol. The Hall–Kier alpha value is -3.55. The average Bonchev–Trinajstić information content (AvgIpc) is 2.60. The van der Waals surface area contributed by atoms with Crippen LogP contribution in [0.1, 0.15) is 16.2 Å². The number of aromatic amines is 1. The summed E-state index contributed by atoms with van der Waals surface area (Å²) in [5.74, 6) is -0.336. The average molecular weight is 325 g/mol. The Morgan fingerprint density at radius 2 is 1.92 bits per heavy atom. The van der Waals surface area contributed by atoms with E-state index in [0.717, 1.165) is 0 Å². The van der Waals surface area contributed by atoms with Gasteiger partial charge in [-0.15, -0.1) is 0 Å². The van der Waals surface area contributed by atoms with E-state index in [0.29, 0.717) is 11.1 Å². The molecule has 3 aromatic rings. The van der Waals surface area contributed by atoms with Crippen LogP contribution in [-0.4, -0.2) is 27.8 Å². The molecule has 24 heavy (non-hydrogen) atoms. The van der Waals surface area contributed by atoms with Crippen molar-refractivity contribution in [1.29, 1.82) is 0 Å². The molecule has 0 aliphatic heterocycles. The highest BCUT2D eigenvalue weighted by Crippen LogP contribution is 2.21. The molecule has 1 aromatic heterocycles. The number of non-ortho nitro benzene ring substituents is 1. The number of nitro groups is 1. The number of H-pyrrole nitrogens is 1. The Bertz CT molecular complexity index is 1010. The van der Waals surface area contributed by atoms with E-state index in [2.05, 4.69) is 9.97 Å². The molecule has 0 radical (unpaired) electrons. The number of ether oxygens (including phenoxy) is 1. The van der Waals surface area contributed by atoms with Crippen molar-refractivity contribution in [3.8, 4) is 5.75 Å². The number of hydrogen-bond donors (Lipinski definition) is 1. The van der Waals surface area contributed by atoms with E-state index in [4.69, 9.17) is 4.74 Å². The molecule has 1 N–H and O–H groups in total. The van der Waals surface area contributed by atoms with E-state index < -0.39 is 16.3 Å². The van der Waals surface area contributed by atoms with Gasteiger partial charge < -0.3 is 9.72 Å². The molecular formula is C16H11N3O5. The van der Waals surface area contributed by atoms with Crippen LogP contribution >= 0.6 is 0 Å². The first kappa shape index (κ1) is 15.3. The van der Waals surface area contributed by atoms with Crippen LogP contribution in [0, 0.1) is 10.1 Å². The minimum Gasteiger partial charge on any atom is -0.494 e.